The molecule has 0 unspecified atom stereocenters. The van der Waals surface area contributed by atoms with E-state index in [4.69, 9.17) is 25.7 Å². The van der Waals surface area contributed by atoms with E-state index in [1.807, 2.05) is 0 Å². The van der Waals surface area contributed by atoms with E-state index in [2.05, 4.69) is 15.6 Å². The van der Waals surface area contributed by atoms with Gasteiger partial charge in [-0.15, -0.1) is 0 Å². The maximum absolute atomic E-state index is 12.7. The van der Waals surface area contributed by atoms with Crippen LogP contribution in [-0.2, 0) is 4.74 Å². The minimum Gasteiger partial charge on any atom is -0.497 e. The van der Waals surface area contributed by atoms with Gasteiger partial charge >= 0.3 is 0 Å². The lowest BCUT2D eigenvalue weighted by Gasteiger charge is -2.10. The Bertz CT molecular complexity index is 1100. The van der Waals surface area contributed by atoms with E-state index in [1.54, 1.807) is 50.6 Å². The van der Waals surface area contributed by atoms with E-state index in [0.717, 1.165) is 17.0 Å². The molecule has 0 atom stereocenters. The first-order valence-corrected chi connectivity index (χ1v) is 10.3. The molecule has 0 saturated carbocycles. The number of primary amides is 1. The molecule has 0 aliphatic rings. The minimum absolute atomic E-state index is 0.0492. The predicted octanol–water partition coefficient (Wildman–Crippen LogP) is 2.85. The van der Waals surface area contributed by atoms with E-state index in [1.165, 1.54) is 6.07 Å². The Labute approximate surface area is 188 Å². The molecular formula is C21H23N5O5S. The Balaban J connectivity index is 1.74. The number of thiazole rings is 1. The Hall–Kier alpha value is -3.83. The Morgan fingerprint density at radius 2 is 1.84 bits per heavy atom. The van der Waals surface area contributed by atoms with E-state index in [0.29, 0.717) is 35.5 Å². The molecule has 1 heterocycles. The lowest BCUT2D eigenvalue weighted by Crippen LogP contribution is -2.17. The lowest BCUT2D eigenvalue weighted by atomic mass is 10.1. The van der Waals surface area contributed by atoms with Gasteiger partial charge in [-0.1, -0.05) is 11.3 Å². The summed E-state index contributed by atoms with van der Waals surface area (Å²) >= 11 is 1.08. The number of anilines is 4. The fraction of sp³-hybridized carbons (Fsp3) is 0.190. The number of hydrogen-bond donors (Lipinski definition) is 4. The number of amides is 2. The van der Waals surface area contributed by atoms with Gasteiger partial charge < -0.3 is 36.3 Å². The van der Waals surface area contributed by atoms with Gasteiger partial charge in [-0.3, -0.25) is 9.59 Å². The topological polar surface area (TPSA) is 151 Å². The number of ether oxygens (including phenoxy) is 3. The summed E-state index contributed by atoms with van der Waals surface area (Å²) in [6.45, 7) is 0.745. The summed E-state index contributed by atoms with van der Waals surface area (Å²) in [7, 11) is 3.14. The number of aromatic nitrogens is 1. The van der Waals surface area contributed by atoms with Crippen molar-refractivity contribution in [3.05, 3.63) is 53.7 Å². The predicted molar refractivity (Wildman–Crippen MR) is 123 cm³/mol. The van der Waals surface area contributed by atoms with Crippen LogP contribution in [-0.4, -0.2) is 44.2 Å². The van der Waals surface area contributed by atoms with Crippen LogP contribution in [0, 0.1) is 0 Å². The van der Waals surface area contributed by atoms with Crippen LogP contribution in [0.2, 0.25) is 0 Å². The fourth-order valence-corrected chi connectivity index (χ4v) is 3.54. The first kappa shape index (κ1) is 22.8. The minimum atomic E-state index is -0.763. The normalized spacial score (nSPS) is 10.4. The quantitative estimate of drug-likeness (QED) is 0.268. The van der Waals surface area contributed by atoms with Crippen molar-refractivity contribution in [3.8, 4) is 11.5 Å². The third kappa shape index (κ3) is 5.65. The largest absolute Gasteiger partial charge is 0.497 e. The SMILES string of the molecule is COCCOc1ccc(C(=O)Nc2sc(Nc3ccc(OC)cc3)nc2C(N)=O)cc1N. The molecule has 0 aliphatic carbocycles. The molecule has 2 amide bonds. The smallest absolute Gasteiger partial charge is 0.270 e. The van der Waals surface area contributed by atoms with E-state index in [-0.39, 0.29) is 16.3 Å². The van der Waals surface area contributed by atoms with Crippen molar-refractivity contribution in [1.29, 1.82) is 0 Å². The summed E-state index contributed by atoms with van der Waals surface area (Å²) in [5.74, 6) is -0.0851. The van der Waals surface area contributed by atoms with Crippen LogP contribution < -0.4 is 31.6 Å². The van der Waals surface area contributed by atoms with Crippen LogP contribution in [0.5, 0.6) is 11.5 Å². The standard InChI is InChI=1S/C21H23N5O5S/c1-29-9-10-31-16-8-3-12(11-15(16)22)19(28)26-20-17(18(23)27)25-21(32-20)24-13-4-6-14(30-2)7-5-13/h3-8,11H,9-10,22H2,1-2H3,(H2,23,27)(H,24,25)(H,26,28). The zero-order valence-electron chi connectivity index (χ0n) is 17.5. The molecule has 3 rings (SSSR count). The molecule has 0 fully saturated rings. The van der Waals surface area contributed by atoms with Crippen LogP contribution in [0.25, 0.3) is 0 Å². The summed E-state index contributed by atoms with van der Waals surface area (Å²) < 4.78 is 15.5. The van der Waals surface area contributed by atoms with Crippen LogP contribution in [0.4, 0.5) is 21.5 Å². The van der Waals surface area contributed by atoms with Crippen molar-refractivity contribution >= 4 is 44.7 Å². The molecule has 0 aliphatic heterocycles. The van der Waals surface area contributed by atoms with E-state index in [9.17, 15) is 9.59 Å². The lowest BCUT2D eigenvalue weighted by molar-refractivity contribution is 0.0997. The molecule has 10 nitrogen and oxygen atoms in total. The summed E-state index contributed by atoms with van der Waals surface area (Å²) in [5, 5.41) is 6.35. The molecule has 11 heteroatoms. The van der Waals surface area contributed by atoms with Crippen molar-refractivity contribution in [1.82, 2.24) is 4.98 Å². The maximum Gasteiger partial charge on any atom is 0.270 e. The number of carbonyl (C=O) groups is 2. The highest BCUT2D eigenvalue weighted by atomic mass is 32.1. The summed E-state index contributed by atoms with van der Waals surface area (Å²) in [4.78, 5) is 28.8. The van der Waals surface area contributed by atoms with Crippen LogP contribution in [0.3, 0.4) is 0 Å². The highest BCUT2D eigenvalue weighted by Gasteiger charge is 2.19. The maximum atomic E-state index is 12.7. The zero-order chi connectivity index (χ0) is 23.1. The molecule has 3 aromatic rings. The monoisotopic (exact) mass is 457 g/mol. The molecule has 32 heavy (non-hydrogen) atoms. The molecule has 0 bridgehead atoms. The molecular weight excluding hydrogens is 434 g/mol. The summed E-state index contributed by atoms with van der Waals surface area (Å²) in [6, 6.07) is 11.8. The van der Waals surface area contributed by atoms with Crippen molar-refractivity contribution in [2.75, 3.05) is 43.8 Å². The Morgan fingerprint density at radius 3 is 2.47 bits per heavy atom. The summed E-state index contributed by atoms with van der Waals surface area (Å²) in [6.07, 6.45) is 0. The van der Waals surface area contributed by atoms with Crippen molar-refractivity contribution < 1.29 is 23.8 Å². The second-order valence-electron chi connectivity index (χ2n) is 6.46. The van der Waals surface area contributed by atoms with Crippen molar-refractivity contribution in [3.63, 3.8) is 0 Å². The average molecular weight is 458 g/mol. The number of hydrogen-bond acceptors (Lipinski definition) is 9. The number of nitrogens with zero attached hydrogens (tertiary/aromatic N) is 1. The molecule has 0 saturated heterocycles. The third-order valence-corrected chi connectivity index (χ3v) is 5.13. The van der Waals surface area contributed by atoms with Gasteiger partial charge in [-0.25, -0.2) is 4.98 Å². The van der Waals surface area contributed by atoms with Crippen molar-refractivity contribution in [2.24, 2.45) is 5.73 Å². The molecule has 2 aromatic carbocycles. The first-order chi connectivity index (χ1) is 15.4. The Kier molecular flexibility index (Phi) is 7.47. The van der Waals surface area contributed by atoms with Gasteiger partial charge in [0, 0.05) is 18.4 Å². The molecule has 0 spiro atoms. The van der Waals surface area contributed by atoms with Gasteiger partial charge in [-0.2, -0.15) is 0 Å². The number of benzene rings is 2. The second kappa shape index (κ2) is 10.5. The summed E-state index contributed by atoms with van der Waals surface area (Å²) in [5.41, 5.74) is 12.7. The number of nitrogens with one attached hydrogen (secondary N) is 2. The van der Waals surface area contributed by atoms with Crippen molar-refractivity contribution in [2.45, 2.75) is 0 Å². The Morgan fingerprint density at radius 1 is 1.09 bits per heavy atom. The third-order valence-electron chi connectivity index (χ3n) is 4.25. The van der Waals surface area contributed by atoms with E-state index >= 15 is 0 Å². The molecule has 1 aromatic heterocycles. The second-order valence-corrected chi connectivity index (χ2v) is 7.46. The molecule has 6 N–H and O–H groups in total. The van der Waals surface area contributed by atoms with E-state index < -0.39 is 11.8 Å². The fourth-order valence-electron chi connectivity index (χ4n) is 2.65. The molecule has 168 valence electrons. The van der Waals surface area contributed by atoms with Gasteiger partial charge in [0.1, 0.15) is 23.1 Å². The number of nitrogen functional groups attached to an aromatic ring is 1. The number of rotatable bonds is 10. The number of carbonyl (C=O) groups excluding carboxylic acids is 2. The van der Waals surface area contributed by atoms with Crippen LogP contribution in [0.15, 0.2) is 42.5 Å². The van der Waals surface area contributed by atoms with Gasteiger partial charge in [0.15, 0.2) is 10.8 Å². The highest BCUT2D eigenvalue weighted by molar-refractivity contribution is 7.20. The first-order valence-electron chi connectivity index (χ1n) is 9.45. The van der Waals surface area contributed by atoms with Gasteiger partial charge in [-0.05, 0) is 42.5 Å². The van der Waals surface area contributed by atoms with Crippen LogP contribution >= 0.6 is 11.3 Å². The van der Waals surface area contributed by atoms with Crippen LogP contribution in [0.1, 0.15) is 20.8 Å². The molecule has 0 radical (unpaired) electrons. The number of nitrogens with two attached hydrogens (primary N) is 2. The number of methoxy groups -OCH3 is 2. The van der Waals surface area contributed by atoms with Gasteiger partial charge in [0.05, 0.1) is 19.4 Å². The van der Waals surface area contributed by atoms with Gasteiger partial charge in [0.25, 0.3) is 11.8 Å². The highest BCUT2D eigenvalue weighted by Crippen LogP contribution is 2.32. The van der Waals surface area contributed by atoms with Gasteiger partial charge in [0.2, 0.25) is 0 Å². The average Bonchev–Trinajstić information content (AvgIpc) is 3.17. The zero-order valence-corrected chi connectivity index (χ0v) is 18.3.